The lowest BCUT2D eigenvalue weighted by Crippen LogP contribution is -2.12. The minimum absolute atomic E-state index is 0.295. The lowest BCUT2D eigenvalue weighted by molar-refractivity contribution is 0.0606. The fraction of sp³-hybridized carbons (Fsp3) is 0.0385. The van der Waals surface area contributed by atoms with Crippen LogP contribution in [-0.2, 0) is 4.74 Å². The number of thiophene rings is 1. The van der Waals surface area contributed by atoms with Gasteiger partial charge in [-0.15, -0.1) is 11.3 Å². The zero-order valence-corrected chi connectivity index (χ0v) is 19.6. The molecule has 0 saturated heterocycles. The number of amides is 1. The van der Waals surface area contributed by atoms with Crippen molar-refractivity contribution in [3.63, 3.8) is 0 Å². The number of methoxy groups -OCH3 is 1. The standard InChI is InChI=1S/C26H18ClN3O3S/c1-33-26(32)24-22(27)19-13-12-17(14-21(19)34-24)28-25(31)20-15-30(18-10-6-3-7-11-18)29-23(20)16-8-4-2-5-9-16/h2-15H,1H3,(H,28,31). The summed E-state index contributed by atoms with van der Waals surface area (Å²) in [6.45, 7) is 0. The van der Waals surface area contributed by atoms with Crippen LogP contribution < -0.4 is 5.32 Å². The van der Waals surface area contributed by atoms with Crippen LogP contribution in [-0.4, -0.2) is 28.8 Å². The highest BCUT2D eigenvalue weighted by Gasteiger charge is 2.21. The Morgan fingerprint density at radius 3 is 2.41 bits per heavy atom. The number of aromatic nitrogens is 2. The van der Waals surface area contributed by atoms with E-state index in [0.717, 1.165) is 21.3 Å². The number of carbonyl (C=O) groups is 2. The third-order valence-corrected chi connectivity index (χ3v) is 6.92. The number of hydrogen-bond acceptors (Lipinski definition) is 5. The summed E-state index contributed by atoms with van der Waals surface area (Å²) in [5.41, 5.74) is 3.29. The Morgan fingerprint density at radius 2 is 1.71 bits per heavy atom. The van der Waals surface area contributed by atoms with Gasteiger partial charge in [-0.25, -0.2) is 9.48 Å². The van der Waals surface area contributed by atoms with Crippen LogP contribution in [0.4, 0.5) is 5.69 Å². The minimum Gasteiger partial charge on any atom is -0.465 e. The molecule has 6 nitrogen and oxygen atoms in total. The third-order valence-electron chi connectivity index (χ3n) is 5.28. The van der Waals surface area contributed by atoms with Crippen molar-refractivity contribution >= 4 is 50.6 Å². The van der Waals surface area contributed by atoms with Gasteiger partial charge in [0, 0.05) is 27.5 Å². The van der Waals surface area contributed by atoms with E-state index in [4.69, 9.17) is 21.4 Å². The van der Waals surface area contributed by atoms with Crippen molar-refractivity contribution in [3.05, 3.63) is 101 Å². The van der Waals surface area contributed by atoms with Crippen molar-refractivity contribution in [3.8, 4) is 16.9 Å². The molecule has 1 N–H and O–H groups in total. The molecule has 0 aliphatic carbocycles. The maximum atomic E-state index is 13.4. The molecule has 0 saturated carbocycles. The molecule has 1 amide bonds. The van der Waals surface area contributed by atoms with Crippen molar-refractivity contribution in [2.45, 2.75) is 0 Å². The van der Waals surface area contributed by atoms with Crippen molar-refractivity contribution in [2.24, 2.45) is 0 Å². The number of anilines is 1. The number of carbonyl (C=O) groups excluding carboxylic acids is 2. The lowest BCUT2D eigenvalue weighted by Gasteiger charge is -2.06. The summed E-state index contributed by atoms with van der Waals surface area (Å²) in [6.07, 6.45) is 1.73. The smallest absolute Gasteiger partial charge is 0.349 e. The quantitative estimate of drug-likeness (QED) is 0.289. The Hall–Kier alpha value is -3.94. The van der Waals surface area contributed by atoms with Gasteiger partial charge >= 0.3 is 5.97 Å². The second kappa shape index (κ2) is 9.13. The Labute approximate surface area is 204 Å². The zero-order chi connectivity index (χ0) is 23.7. The Morgan fingerprint density at radius 1 is 1.00 bits per heavy atom. The van der Waals surface area contributed by atoms with Gasteiger partial charge in [-0.05, 0) is 30.3 Å². The second-order valence-corrected chi connectivity index (χ2v) is 8.87. The van der Waals surface area contributed by atoms with E-state index in [1.807, 2.05) is 60.7 Å². The molecule has 0 spiro atoms. The fourth-order valence-electron chi connectivity index (χ4n) is 3.63. The Kier molecular flexibility index (Phi) is 5.88. The highest BCUT2D eigenvalue weighted by atomic mass is 35.5. The molecule has 34 heavy (non-hydrogen) atoms. The SMILES string of the molecule is COC(=O)c1sc2cc(NC(=O)c3cn(-c4ccccc4)nc3-c3ccccc3)ccc2c1Cl. The van der Waals surface area contributed by atoms with Crippen LogP contribution in [0.2, 0.25) is 5.02 Å². The molecule has 168 valence electrons. The molecule has 2 heterocycles. The number of nitrogens with zero attached hydrogens (tertiary/aromatic N) is 2. The number of halogens is 1. The molecule has 5 rings (SSSR count). The first-order valence-electron chi connectivity index (χ1n) is 10.4. The molecule has 0 atom stereocenters. The van der Waals surface area contributed by atoms with E-state index in [9.17, 15) is 9.59 Å². The van der Waals surface area contributed by atoms with Crippen LogP contribution in [0.3, 0.4) is 0 Å². The van der Waals surface area contributed by atoms with Gasteiger partial charge in [-0.3, -0.25) is 4.79 Å². The van der Waals surface area contributed by atoms with Crippen LogP contribution in [0.25, 0.3) is 27.0 Å². The number of para-hydroxylation sites is 1. The monoisotopic (exact) mass is 487 g/mol. The van der Waals surface area contributed by atoms with E-state index < -0.39 is 5.97 Å². The van der Waals surface area contributed by atoms with Crippen LogP contribution in [0.5, 0.6) is 0 Å². The first kappa shape index (κ1) is 21.9. The largest absolute Gasteiger partial charge is 0.465 e. The van der Waals surface area contributed by atoms with Crippen molar-refractivity contribution in [1.82, 2.24) is 9.78 Å². The van der Waals surface area contributed by atoms with Gasteiger partial charge in [-0.2, -0.15) is 5.10 Å². The maximum absolute atomic E-state index is 13.4. The van der Waals surface area contributed by atoms with Crippen LogP contribution >= 0.6 is 22.9 Å². The van der Waals surface area contributed by atoms with Gasteiger partial charge < -0.3 is 10.1 Å². The molecule has 0 aliphatic rings. The third kappa shape index (κ3) is 4.07. The summed E-state index contributed by atoms with van der Waals surface area (Å²) in [5, 5.41) is 8.72. The van der Waals surface area contributed by atoms with E-state index in [2.05, 4.69) is 5.32 Å². The van der Waals surface area contributed by atoms with Gasteiger partial charge in [0.2, 0.25) is 0 Å². The van der Waals surface area contributed by atoms with Crippen LogP contribution in [0, 0.1) is 0 Å². The number of ether oxygens (including phenoxy) is 1. The van der Waals surface area contributed by atoms with E-state index in [1.54, 1.807) is 29.1 Å². The van der Waals surface area contributed by atoms with Crippen LogP contribution in [0.1, 0.15) is 20.0 Å². The van der Waals surface area contributed by atoms with Gasteiger partial charge in [0.1, 0.15) is 10.6 Å². The van der Waals surface area contributed by atoms with Crippen molar-refractivity contribution < 1.29 is 14.3 Å². The first-order chi connectivity index (χ1) is 16.5. The van der Waals surface area contributed by atoms with Gasteiger partial charge in [0.15, 0.2) is 0 Å². The molecule has 0 radical (unpaired) electrons. The van der Waals surface area contributed by atoms with Gasteiger partial charge in [0.25, 0.3) is 5.91 Å². The maximum Gasteiger partial charge on any atom is 0.349 e. The van der Waals surface area contributed by atoms with E-state index in [-0.39, 0.29) is 5.91 Å². The zero-order valence-electron chi connectivity index (χ0n) is 18.0. The second-order valence-electron chi connectivity index (χ2n) is 7.44. The number of rotatable bonds is 5. The molecule has 2 aromatic heterocycles. The molecule has 0 unspecified atom stereocenters. The van der Waals surface area contributed by atoms with E-state index in [0.29, 0.717) is 26.8 Å². The molecular weight excluding hydrogens is 470 g/mol. The normalized spacial score (nSPS) is 10.9. The topological polar surface area (TPSA) is 73.2 Å². The van der Waals surface area contributed by atoms with Gasteiger partial charge in [-0.1, -0.05) is 60.1 Å². The predicted octanol–water partition coefficient (Wildman–Crippen LogP) is 6.45. The lowest BCUT2D eigenvalue weighted by atomic mass is 10.1. The molecule has 3 aromatic carbocycles. The molecule has 8 heteroatoms. The van der Waals surface area contributed by atoms with Crippen molar-refractivity contribution in [2.75, 3.05) is 12.4 Å². The first-order valence-corrected chi connectivity index (χ1v) is 11.6. The Balaban J connectivity index is 1.51. The molecule has 5 aromatic rings. The summed E-state index contributed by atoms with van der Waals surface area (Å²) in [6, 6.07) is 24.5. The highest BCUT2D eigenvalue weighted by molar-refractivity contribution is 7.21. The molecular formula is C26H18ClN3O3S. The molecule has 0 aliphatic heterocycles. The summed E-state index contributed by atoms with van der Waals surface area (Å²) in [7, 11) is 1.31. The fourth-order valence-corrected chi connectivity index (χ4v) is 5.09. The van der Waals surface area contributed by atoms with E-state index in [1.165, 1.54) is 18.4 Å². The highest BCUT2D eigenvalue weighted by Crippen LogP contribution is 2.37. The Bertz CT molecular complexity index is 1510. The summed E-state index contributed by atoms with van der Waals surface area (Å²) in [5.74, 6) is -0.783. The van der Waals surface area contributed by atoms with E-state index >= 15 is 0 Å². The molecule has 0 fully saturated rings. The minimum atomic E-state index is -0.488. The summed E-state index contributed by atoms with van der Waals surface area (Å²) >= 11 is 7.57. The average Bonchev–Trinajstić information content (AvgIpc) is 3.47. The number of hydrogen-bond donors (Lipinski definition) is 1. The predicted molar refractivity (Wildman–Crippen MR) is 135 cm³/mol. The molecule has 0 bridgehead atoms. The summed E-state index contributed by atoms with van der Waals surface area (Å²) in [4.78, 5) is 25.7. The van der Waals surface area contributed by atoms with Crippen molar-refractivity contribution in [1.29, 1.82) is 0 Å². The van der Waals surface area contributed by atoms with Crippen LogP contribution in [0.15, 0.2) is 85.1 Å². The number of benzene rings is 3. The van der Waals surface area contributed by atoms with Gasteiger partial charge in [0.05, 0.1) is 23.4 Å². The average molecular weight is 488 g/mol. The summed E-state index contributed by atoms with van der Waals surface area (Å²) < 4.78 is 7.27. The number of fused-ring (bicyclic) bond motifs is 1. The number of nitrogens with one attached hydrogen (secondary N) is 1. The number of esters is 1.